The minimum atomic E-state index is -1.67. The summed E-state index contributed by atoms with van der Waals surface area (Å²) < 4.78 is -1.67. The Morgan fingerprint density at radius 3 is 2.35 bits per heavy atom. The summed E-state index contributed by atoms with van der Waals surface area (Å²) in [5, 5.41) is 0. The molecule has 0 aromatic heterocycles. The summed E-state index contributed by atoms with van der Waals surface area (Å²) in [6, 6.07) is 0. The quantitative estimate of drug-likeness (QED) is 0.589. The van der Waals surface area contributed by atoms with Gasteiger partial charge in [0, 0.05) is 18.3 Å². The van der Waals surface area contributed by atoms with Crippen LogP contribution in [0.15, 0.2) is 0 Å². The molecule has 5 heteroatoms. The molecule has 0 aliphatic heterocycles. The van der Waals surface area contributed by atoms with E-state index in [9.17, 15) is 14.4 Å². The van der Waals surface area contributed by atoms with Crippen LogP contribution in [0.2, 0.25) is 0 Å². The fourth-order valence-corrected chi connectivity index (χ4v) is 2.38. The molecule has 17 heavy (non-hydrogen) atoms. The molecule has 1 aliphatic rings. The number of hydrogen-bond acceptors (Lipinski definition) is 3. The number of ketones is 3. The molecule has 0 bridgehead atoms. The van der Waals surface area contributed by atoms with Gasteiger partial charge in [-0.25, -0.2) is 0 Å². The second kappa shape index (κ2) is 4.69. The highest BCUT2D eigenvalue weighted by atomic mass is 35.5. The van der Waals surface area contributed by atoms with Gasteiger partial charge in [0.05, 0.1) is 0 Å². The largest absolute Gasteiger partial charge is 0.298 e. The van der Waals surface area contributed by atoms with Gasteiger partial charge in [-0.3, -0.25) is 14.4 Å². The van der Waals surface area contributed by atoms with Crippen molar-refractivity contribution in [2.24, 2.45) is 11.3 Å². The SMILES string of the molecule is CCCC(=O)C1C(=O)CC(C)(C)C(Cl)(Cl)C1=O. The van der Waals surface area contributed by atoms with E-state index in [0.717, 1.165) is 0 Å². The van der Waals surface area contributed by atoms with Crippen molar-refractivity contribution in [3.05, 3.63) is 0 Å². The zero-order chi connectivity index (χ0) is 13.4. The summed E-state index contributed by atoms with van der Waals surface area (Å²) in [6.45, 7) is 5.13. The van der Waals surface area contributed by atoms with Gasteiger partial charge < -0.3 is 0 Å². The highest BCUT2D eigenvalue weighted by Crippen LogP contribution is 2.49. The molecule has 0 saturated heterocycles. The van der Waals surface area contributed by atoms with Gasteiger partial charge in [0.15, 0.2) is 21.7 Å². The molecule has 0 heterocycles. The summed E-state index contributed by atoms with van der Waals surface area (Å²) in [5.41, 5.74) is -0.840. The Morgan fingerprint density at radius 2 is 1.88 bits per heavy atom. The number of halogens is 2. The minimum Gasteiger partial charge on any atom is -0.298 e. The molecule has 0 amide bonds. The van der Waals surface area contributed by atoms with Gasteiger partial charge in [-0.1, -0.05) is 44.0 Å². The van der Waals surface area contributed by atoms with Crippen molar-refractivity contribution >= 4 is 40.6 Å². The number of rotatable bonds is 3. The van der Waals surface area contributed by atoms with Gasteiger partial charge in [0.1, 0.15) is 5.92 Å². The van der Waals surface area contributed by atoms with E-state index in [1.54, 1.807) is 13.8 Å². The Kier molecular flexibility index (Phi) is 4.04. The van der Waals surface area contributed by atoms with E-state index in [2.05, 4.69) is 0 Å². The summed E-state index contributed by atoms with van der Waals surface area (Å²) in [4.78, 5) is 35.7. The lowest BCUT2D eigenvalue weighted by Gasteiger charge is -2.41. The van der Waals surface area contributed by atoms with Crippen molar-refractivity contribution < 1.29 is 14.4 Å². The van der Waals surface area contributed by atoms with Crippen LogP contribution in [0.4, 0.5) is 0 Å². The molecule has 96 valence electrons. The molecule has 0 radical (unpaired) electrons. The van der Waals surface area contributed by atoms with Crippen LogP contribution in [0.1, 0.15) is 40.0 Å². The Morgan fingerprint density at radius 1 is 1.35 bits per heavy atom. The van der Waals surface area contributed by atoms with Crippen LogP contribution in [0, 0.1) is 11.3 Å². The normalized spacial score (nSPS) is 27.0. The number of carbonyl (C=O) groups excluding carboxylic acids is 3. The molecule has 1 atom stereocenters. The van der Waals surface area contributed by atoms with Crippen LogP contribution in [0.5, 0.6) is 0 Å². The van der Waals surface area contributed by atoms with Gasteiger partial charge >= 0.3 is 0 Å². The van der Waals surface area contributed by atoms with Crippen molar-refractivity contribution in [3.63, 3.8) is 0 Å². The first-order valence-corrected chi connectivity index (χ1v) is 6.38. The third-order valence-corrected chi connectivity index (χ3v) is 4.57. The zero-order valence-corrected chi connectivity index (χ0v) is 11.7. The van der Waals surface area contributed by atoms with E-state index in [4.69, 9.17) is 23.2 Å². The van der Waals surface area contributed by atoms with Crippen molar-refractivity contribution in [2.75, 3.05) is 0 Å². The fourth-order valence-electron chi connectivity index (χ4n) is 2.03. The molecular weight excluding hydrogens is 263 g/mol. The maximum atomic E-state index is 12.1. The molecular formula is C12H16Cl2O3. The predicted octanol–water partition coefficient (Wildman–Crippen LogP) is 2.71. The topological polar surface area (TPSA) is 51.2 Å². The second-order valence-electron chi connectivity index (χ2n) is 5.11. The lowest BCUT2D eigenvalue weighted by molar-refractivity contribution is -0.145. The first-order valence-electron chi connectivity index (χ1n) is 5.62. The van der Waals surface area contributed by atoms with Crippen molar-refractivity contribution in [1.29, 1.82) is 0 Å². The summed E-state index contributed by atoms with van der Waals surface area (Å²) in [7, 11) is 0. The Labute approximate surface area is 111 Å². The van der Waals surface area contributed by atoms with E-state index in [0.29, 0.717) is 6.42 Å². The van der Waals surface area contributed by atoms with Crippen molar-refractivity contribution in [3.8, 4) is 0 Å². The van der Waals surface area contributed by atoms with Gasteiger partial charge in [-0.2, -0.15) is 0 Å². The molecule has 0 aromatic carbocycles. The van der Waals surface area contributed by atoms with E-state index < -0.39 is 21.4 Å². The maximum Gasteiger partial charge on any atom is 0.187 e. The third-order valence-electron chi connectivity index (χ3n) is 3.18. The molecule has 0 aromatic rings. The Hall–Kier alpha value is -0.410. The van der Waals surface area contributed by atoms with Gasteiger partial charge in [0.2, 0.25) is 0 Å². The minimum absolute atomic E-state index is 0.0475. The molecule has 1 saturated carbocycles. The smallest absolute Gasteiger partial charge is 0.187 e. The zero-order valence-electron chi connectivity index (χ0n) is 10.2. The standard InChI is InChI=1S/C12H16Cl2O3/c1-4-5-7(15)9-8(16)6-11(2,3)12(13,14)10(9)17/h9H,4-6H2,1-3H3. The summed E-state index contributed by atoms with van der Waals surface area (Å²) in [6.07, 6.45) is 0.842. The lowest BCUT2D eigenvalue weighted by atomic mass is 9.69. The highest BCUT2D eigenvalue weighted by molar-refractivity contribution is 6.61. The Bertz CT molecular complexity index is 372. The van der Waals surface area contributed by atoms with Gasteiger partial charge in [-0.05, 0) is 6.42 Å². The first kappa shape index (κ1) is 14.7. The molecule has 0 spiro atoms. The fraction of sp³-hybridized carbons (Fsp3) is 0.750. The van der Waals surface area contributed by atoms with E-state index in [1.807, 2.05) is 6.92 Å². The highest BCUT2D eigenvalue weighted by Gasteiger charge is 2.58. The van der Waals surface area contributed by atoms with E-state index in [-0.39, 0.29) is 24.4 Å². The number of alkyl halides is 2. The average Bonchev–Trinajstić information content (AvgIpc) is 2.15. The van der Waals surface area contributed by atoms with E-state index in [1.165, 1.54) is 0 Å². The molecule has 3 nitrogen and oxygen atoms in total. The van der Waals surface area contributed by atoms with Crippen LogP contribution >= 0.6 is 23.2 Å². The predicted molar refractivity (Wildman–Crippen MR) is 66.3 cm³/mol. The van der Waals surface area contributed by atoms with Crippen LogP contribution in [-0.2, 0) is 14.4 Å². The van der Waals surface area contributed by atoms with Crippen molar-refractivity contribution in [1.82, 2.24) is 0 Å². The number of Topliss-reactive ketones (excluding diaryl/α,β-unsaturated/α-hetero) is 3. The van der Waals surface area contributed by atoms with Crippen LogP contribution in [0.25, 0.3) is 0 Å². The molecule has 0 N–H and O–H groups in total. The third kappa shape index (κ3) is 2.41. The summed E-state index contributed by atoms with van der Waals surface area (Å²) >= 11 is 12.1. The second-order valence-corrected chi connectivity index (χ2v) is 6.44. The average molecular weight is 279 g/mol. The lowest BCUT2D eigenvalue weighted by Crippen LogP contribution is -2.55. The van der Waals surface area contributed by atoms with Crippen LogP contribution in [0.3, 0.4) is 0 Å². The monoisotopic (exact) mass is 278 g/mol. The molecule has 1 aliphatic carbocycles. The van der Waals surface area contributed by atoms with Gasteiger partial charge in [0.25, 0.3) is 0 Å². The van der Waals surface area contributed by atoms with Crippen LogP contribution < -0.4 is 0 Å². The molecule has 1 unspecified atom stereocenters. The molecule has 1 fully saturated rings. The molecule has 1 rings (SSSR count). The summed E-state index contributed by atoms with van der Waals surface area (Å²) in [5.74, 6) is -2.67. The first-order chi connectivity index (χ1) is 7.65. The van der Waals surface area contributed by atoms with Crippen LogP contribution in [-0.4, -0.2) is 21.7 Å². The van der Waals surface area contributed by atoms with E-state index >= 15 is 0 Å². The maximum absolute atomic E-state index is 12.1. The number of carbonyl (C=O) groups is 3. The number of hydrogen-bond donors (Lipinski definition) is 0. The van der Waals surface area contributed by atoms with Gasteiger partial charge in [-0.15, -0.1) is 0 Å². The Balaban J connectivity index is 3.08. The van der Waals surface area contributed by atoms with Crippen molar-refractivity contribution in [2.45, 2.75) is 44.4 Å².